The number of aryl methyl sites for hydroxylation is 1. The van der Waals surface area contributed by atoms with E-state index in [-0.39, 0.29) is 15.7 Å². The van der Waals surface area contributed by atoms with E-state index in [4.69, 9.17) is 23.2 Å². The number of nitrogens with zero attached hydrogens (tertiary/aromatic N) is 1. The van der Waals surface area contributed by atoms with Crippen LogP contribution in [-0.4, -0.2) is 5.71 Å². The molecule has 24 heavy (non-hydrogen) atoms. The zero-order valence-corrected chi connectivity index (χ0v) is 13.9. The maximum Gasteiger partial charge on any atom is 0.416 e. The van der Waals surface area contributed by atoms with Gasteiger partial charge in [0.05, 0.1) is 27.0 Å². The molecule has 1 N–H and O–H groups in total. The van der Waals surface area contributed by atoms with E-state index < -0.39 is 11.7 Å². The van der Waals surface area contributed by atoms with Gasteiger partial charge in [0.15, 0.2) is 0 Å². The third-order valence-electron chi connectivity index (χ3n) is 3.86. The SMILES string of the molecule is FC(F)(F)c1cc(Cl)c(N/N=C2\CCCc3ccccc32)c(Cl)c1. The number of rotatable bonds is 2. The molecule has 0 saturated heterocycles. The summed E-state index contributed by atoms with van der Waals surface area (Å²) in [5, 5.41) is 4.08. The first-order valence-corrected chi connectivity index (χ1v) is 8.09. The van der Waals surface area contributed by atoms with E-state index in [1.807, 2.05) is 24.3 Å². The van der Waals surface area contributed by atoms with Crippen molar-refractivity contribution in [1.82, 2.24) is 0 Å². The molecule has 0 bridgehead atoms. The van der Waals surface area contributed by atoms with Gasteiger partial charge in [0.25, 0.3) is 0 Å². The summed E-state index contributed by atoms with van der Waals surface area (Å²) in [5.41, 5.74) is 5.08. The quantitative estimate of drug-likeness (QED) is 0.626. The Hall–Kier alpha value is -1.72. The highest BCUT2D eigenvalue weighted by Crippen LogP contribution is 2.38. The molecule has 2 aromatic rings. The third-order valence-corrected chi connectivity index (χ3v) is 4.46. The highest BCUT2D eigenvalue weighted by atomic mass is 35.5. The second kappa shape index (κ2) is 6.65. The van der Waals surface area contributed by atoms with Gasteiger partial charge in [-0.1, -0.05) is 47.5 Å². The number of hydrogen-bond donors (Lipinski definition) is 1. The van der Waals surface area contributed by atoms with Gasteiger partial charge in [0.1, 0.15) is 0 Å². The summed E-state index contributed by atoms with van der Waals surface area (Å²) < 4.78 is 38.3. The average Bonchev–Trinajstić information content (AvgIpc) is 2.53. The summed E-state index contributed by atoms with van der Waals surface area (Å²) in [6, 6.07) is 9.60. The molecule has 0 atom stereocenters. The maximum atomic E-state index is 12.8. The first-order valence-electron chi connectivity index (χ1n) is 7.33. The van der Waals surface area contributed by atoms with Crippen molar-refractivity contribution in [1.29, 1.82) is 0 Å². The van der Waals surface area contributed by atoms with Crippen molar-refractivity contribution < 1.29 is 13.2 Å². The van der Waals surface area contributed by atoms with Crippen LogP contribution < -0.4 is 5.43 Å². The summed E-state index contributed by atoms with van der Waals surface area (Å²) in [5.74, 6) is 0. The van der Waals surface area contributed by atoms with Crippen molar-refractivity contribution >= 4 is 34.6 Å². The minimum atomic E-state index is -4.50. The van der Waals surface area contributed by atoms with Gasteiger partial charge in [0, 0.05) is 5.56 Å². The van der Waals surface area contributed by atoms with Crippen LogP contribution in [0.5, 0.6) is 0 Å². The van der Waals surface area contributed by atoms with Crippen LogP contribution in [0.15, 0.2) is 41.5 Å². The fraction of sp³-hybridized carbons (Fsp3) is 0.235. The number of hydrogen-bond acceptors (Lipinski definition) is 2. The Bertz CT molecular complexity index is 778. The third kappa shape index (κ3) is 3.52. The van der Waals surface area contributed by atoms with Crippen LogP contribution in [0.3, 0.4) is 0 Å². The normalized spacial score (nSPS) is 16.1. The monoisotopic (exact) mass is 372 g/mol. The lowest BCUT2D eigenvalue weighted by Gasteiger charge is -2.18. The van der Waals surface area contributed by atoms with Gasteiger partial charge in [0.2, 0.25) is 0 Å². The lowest BCUT2D eigenvalue weighted by molar-refractivity contribution is -0.137. The molecule has 0 aliphatic heterocycles. The molecule has 1 aliphatic carbocycles. The molecule has 0 amide bonds. The number of hydrazone groups is 1. The molecule has 0 fully saturated rings. The van der Waals surface area contributed by atoms with Gasteiger partial charge in [-0.05, 0) is 37.0 Å². The van der Waals surface area contributed by atoms with E-state index in [0.717, 1.165) is 42.7 Å². The molecule has 126 valence electrons. The van der Waals surface area contributed by atoms with E-state index in [0.29, 0.717) is 0 Å². The molecule has 3 rings (SSSR count). The van der Waals surface area contributed by atoms with E-state index in [1.165, 1.54) is 5.56 Å². The van der Waals surface area contributed by atoms with Crippen molar-refractivity contribution in [2.45, 2.75) is 25.4 Å². The van der Waals surface area contributed by atoms with E-state index in [2.05, 4.69) is 10.5 Å². The highest BCUT2D eigenvalue weighted by molar-refractivity contribution is 6.39. The molecule has 0 radical (unpaired) electrons. The smallest absolute Gasteiger partial charge is 0.275 e. The molecule has 0 heterocycles. The van der Waals surface area contributed by atoms with Gasteiger partial charge in [-0.15, -0.1) is 0 Å². The summed E-state index contributed by atoms with van der Waals surface area (Å²) in [4.78, 5) is 0. The van der Waals surface area contributed by atoms with Crippen LogP contribution in [-0.2, 0) is 12.6 Å². The lowest BCUT2D eigenvalue weighted by atomic mass is 9.90. The Kier molecular flexibility index (Phi) is 4.74. The van der Waals surface area contributed by atoms with Crippen LogP contribution in [0.1, 0.15) is 29.5 Å². The minimum Gasteiger partial charge on any atom is -0.275 e. The standard InChI is InChI=1S/C17H13Cl2F3N2/c18-13-8-11(17(20,21)22)9-14(19)16(13)24-23-15-7-3-5-10-4-1-2-6-12(10)15/h1-2,4,6,8-9,24H,3,5,7H2/b23-15+. The summed E-state index contributed by atoms with van der Waals surface area (Å²) in [6.45, 7) is 0. The fourth-order valence-corrected chi connectivity index (χ4v) is 3.26. The molecular weight excluding hydrogens is 360 g/mol. The Morgan fingerprint density at radius 3 is 2.33 bits per heavy atom. The van der Waals surface area contributed by atoms with Gasteiger partial charge >= 0.3 is 6.18 Å². The second-order valence-corrected chi connectivity index (χ2v) is 6.31. The first kappa shape index (κ1) is 17.1. The molecule has 2 nitrogen and oxygen atoms in total. The van der Waals surface area contributed by atoms with Gasteiger partial charge in [-0.25, -0.2) is 0 Å². The van der Waals surface area contributed by atoms with E-state index in [9.17, 15) is 13.2 Å². The van der Waals surface area contributed by atoms with Gasteiger partial charge in [-0.2, -0.15) is 18.3 Å². The van der Waals surface area contributed by atoms with Crippen LogP contribution >= 0.6 is 23.2 Å². The van der Waals surface area contributed by atoms with Crippen molar-refractivity contribution in [2.24, 2.45) is 5.10 Å². The van der Waals surface area contributed by atoms with Crippen molar-refractivity contribution in [3.63, 3.8) is 0 Å². The minimum absolute atomic E-state index is 0.122. The molecule has 0 saturated carbocycles. The number of anilines is 1. The number of benzene rings is 2. The van der Waals surface area contributed by atoms with Gasteiger partial charge < -0.3 is 0 Å². The molecule has 2 aromatic carbocycles. The lowest BCUT2D eigenvalue weighted by Crippen LogP contribution is -2.13. The average molecular weight is 373 g/mol. The summed E-state index contributed by atoms with van der Waals surface area (Å²) in [6.07, 6.45) is -1.77. The number of nitrogens with one attached hydrogen (secondary N) is 1. The summed E-state index contributed by atoms with van der Waals surface area (Å²) >= 11 is 11.9. The van der Waals surface area contributed by atoms with Crippen molar-refractivity contribution in [3.8, 4) is 0 Å². The molecule has 0 aromatic heterocycles. The second-order valence-electron chi connectivity index (χ2n) is 5.49. The van der Waals surface area contributed by atoms with Crippen LogP contribution in [0.4, 0.5) is 18.9 Å². The zero-order valence-electron chi connectivity index (χ0n) is 12.4. The topological polar surface area (TPSA) is 24.4 Å². The Balaban J connectivity index is 1.91. The summed E-state index contributed by atoms with van der Waals surface area (Å²) in [7, 11) is 0. The predicted octanol–water partition coefficient (Wildman–Crippen LogP) is 6.16. The predicted molar refractivity (Wildman–Crippen MR) is 91.0 cm³/mol. The van der Waals surface area contributed by atoms with E-state index in [1.54, 1.807) is 0 Å². The number of halogens is 5. The fourth-order valence-electron chi connectivity index (χ4n) is 2.68. The molecule has 0 spiro atoms. The van der Waals surface area contributed by atoms with Crippen LogP contribution in [0.25, 0.3) is 0 Å². The molecule has 0 unspecified atom stereocenters. The Labute approximate surface area is 147 Å². The van der Waals surface area contributed by atoms with Crippen molar-refractivity contribution in [3.05, 3.63) is 63.1 Å². The largest absolute Gasteiger partial charge is 0.416 e. The number of alkyl halides is 3. The Morgan fingerprint density at radius 1 is 1.00 bits per heavy atom. The maximum absolute atomic E-state index is 12.8. The molecule has 1 aliphatic rings. The van der Waals surface area contributed by atoms with E-state index >= 15 is 0 Å². The number of fused-ring (bicyclic) bond motifs is 1. The van der Waals surface area contributed by atoms with Crippen molar-refractivity contribution in [2.75, 3.05) is 5.43 Å². The van der Waals surface area contributed by atoms with Crippen LogP contribution in [0, 0.1) is 0 Å². The first-order chi connectivity index (χ1) is 11.4. The zero-order chi connectivity index (χ0) is 17.3. The molecule has 7 heteroatoms. The van der Waals surface area contributed by atoms with Crippen LogP contribution in [0.2, 0.25) is 10.0 Å². The Morgan fingerprint density at radius 2 is 1.67 bits per heavy atom. The van der Waals surface area contributed by atoms with Gasteiger partial charge in [-0.3, -0.25) is 5.43 Å². The highest BCUT2D eigenvalue weighted by Gasteiger charge is 2.32. The molecular formula is C17H13Cl2F3N2.